The molecule has 0 spiro atoms. The first-order valence-corrected chi connectivity index (χ1v) is 7.11. The van der Waals surface area contributed by atoms with Crippen molar-refractivity contribution in [3.8, 4) is 0 Å². The number of allylic oxidation sites excluding steroid dienone is 1. The summed E-state index contributed by atoms with van der Waals surface area (Å²) in [5.74, 6) is 0.126. The third kappa shape index (κ3) is 3.82. The fraction of sp³-hybridized carbons (Fsp3) is 0.733. The molecule has 0 saturated carbocycles. The molecule has 0 saturated heterocycles. The van der Waals surface area contributed by atoms with Gasteiger partial charge in [0.1, 0.15) is 6.04 Å². The van der Waals surface area contributed by atoms with Gasteiger partial charge in [-0.05, 0) is 18.4 Å². The van der Waals surface area contributed by atoms with Gasteiger partial charge in [-0.15, -0.1) is 0 Å². The first-order chi connectivity index (χ1) is 9.04. The maximum atomic E-state index is 12.1. The minimum absolute atomic E-state index is 0.112. The Hall–Kier alpha value is -1.32. The lowest BCUT2D eigenvalue weighted by molar-refractivity contribution is -0.149. The summed E-state index contributed by atoms with van der Waals surface area (Å²) in [4.78, 5) is 25.7. The molecule has 0 unspecified atom stereocenters. The Morgan fingerprint density at radius 3 is 2.74 bits per heavy atom. The first kappa shape index (κ1) is 15.7. The van der Waals surface area contributed by atoms with Gasteiger partial charge >= 0.3 is 5.97 Å². The molecule has 0 radical (unpaired) electrons. The van der Waals surface area contributed by atoms with Crippen LogP contribution in [0.4, 0.5) is 0 Å². The van der Waals surface area contributed by atoms with E-state index in [2.05, 4.69) is 20.8 Å². The van der Waals surface area contributed by atoms with Crippen molar-refractivity contribution in [1.82, 2.24) is 4.90 Å². The van der Waals surface area contributed by atoms with E-state index in [1.165, 1.54) is 7.11 Å². The molecule has 1 rings (SSSR count). The van der Waals surface area contributed by atoms with E-state index >= 15 is 0 Å². The van der Waals surface area contributed by atoms with E-state index in [0.717, 1.165) is 19.3 Å². The number of methoxy groups -OCH3 is 1. The molecule has 0 aromatic heterocycles. The molecule has 1 aliphatic heterocycles. The Labute approximate surface area is 115 Å². The van der Waals surface area contributed by atoms with Gasteiger partial charge < -0.3 is 9.64 Å². The van der Waals surface area contributed by atoms with Crippen LogP contribution in [0.5, 0.6) is 0 Å². The topological polar surface area (TPSA) is 46.6 Å². The summed E-state index contributed by atoms with van der Waals surface area (Å²) in [5, 5.41) is 0. The Kier molecular flexibility index (Phi) is 6.06. The number of rotatable bonds is 6. The van der Waals surface area contributed by atoms with Crippen molar-refractivity contribution in [2.75, 3.05) is 7.11 Å². The van der Waals surface area contributed by atoms with Gasteiger partial charge in [-0.2, -0.15) is 0 Å². The molecule has 4 heteroatoms. The van der Waals surface area contributed by atoms with Gasteiger partial charge in [-0.1, -0.05) is 33.6 Å². The normalized spacial score (nSPS) is 22.2. The summed E-state index contributed by atoms with van der Waals surface area (Å²) in [6, 6.07) is -0.184. The van der Waals surface area contributed by atoms with Crippen LogP contribution in [0, 0.1) is 5.92 Å². The van der Waals surface area contributed by atoms with Gasteiger partial charge in [0.15, 0.2) is 5.78 Å². The van der Waals surface area contributed by atoms with Crippen LogP contribution in [0.25, 0.3) is 0 Å². The molecule has 19 heavy (non-hydrogen) atoms. The van der Waals surface area contributed by atoms with E-state index in [4.69, 9.17) is 4.74 Å². The van der Waals surface area contributed by atoms with Crippen molar-refractivity contribution in [3.05, 3.63) is 12.3 Å². The lowest BCUT2D eigenvalue weighted by atomic mass is 9.92. The van der Waals surface area contributed by atoms with E-state index in [0.29, 0.717) is 6.42 Å². The van der Waals surface area contributed by atoms with Crippen molar-refractivity contribution in [2.45, 2.75) is 58.5 Å². The van der Waals surface area contributed by atoms with E-state index in [-0.39, 0.29) is 29.8 Å². The molecule has 4 nitrogen and oxygen atoms in total. The van der Waals surface area contributed by atoms with Crippen LogP contribution in [0.3, 0.4) is 0 Å². The van der Waals surface area contributed by atoms with Gasteiger partial charge in [0.05, 0.1) is 7.11 Å². The second kappa shape index (κ2) is 7.31. The molecule has 0 aromatic rings. The standard InChI is InChI=1S/C15H25NO3/c1-5-7-12-10-13(17)8-9-16(12)14(11(3)6-2)15(18)19-4/h8-9,11-12,14H,5-7,10H2,1-4H3/t11-,12-,14-/m0/s1. The molecule has 0 fully saturated rings. The van der Waals surface area contributed by atoms with E-state index in [1.54, 1.807) is 12.3 Å². The summed E-state index contributed by atoms with van der Waals surface area (Å²) in [7, 11) is 1.42. The minimum atomic E-state index is -0.295. The molecule has 0 N–H and O–H groups in total. The highest BCUT2D eigenvalue weighted by molar-refractivity contribution is 5.91. The number of carbonyl (C=O) groups excluding carboxylic acids is 2. The van der Waals surface area contributed by atoms with Crippen LogP contribution in [-0.2, 0) is 14.3 Å². The summed E-state index contributed by atoms with van der Waals surface area (Å²) in [5.41, 5.74) is 0. The summed E-state index contributed by atoms with van der Waals surface area (Å²) in [6.45, 7) is 6.21. The van der Waals surface area contributed by atoms with Gasteiger partial charge in [0, 0.05) is 18.7 Å². The minimum Gasteiger partial charge on any atom is -0.467 e. The zero-order chi connectivity index (χ0) is 14.4. The van der Waals surface area contributed by atoms with Crippen LogP contribution in [0.2, 0.25) is 0 Å². The number of ketones is 1. The zero-order valence-corrected chi connectivity index (χ0v) is 12.4. The number of carbonyl (C=O) groups is 2. The highest BCUT2D eigenvalue weighted by Gasteiger charge is 2.35. The average molecular weight is 267 g/mol. The van der Waals surface area contributed by atoms with Crippen molar-refractivity contribution in [2.24, 2.45) is 5.92 Å². The van der Waals surface area contributed by atoms with Gasteiger partial charge in [-0.25, -0.2) is 4.79 Å². The monoisotopic (exact) mass is 267 g/mol. The van der Waals surface area contributed by atoms with Gasteiger partial charge in [0.25, 0.3) is 0 Å². The van der Waals surface area contributed by atoms with Crippen molar-refractivity contribution in [1.29, 1.82) is 0 Å². The summed E-state index contributed by atoms with van der Waals surface area (Å²) < 4.78 is 4.94. The summed E-state index contributed by atoms with van der Waals surface area (Å²) in [6.07, 6.45) is 6.66. The lowest BCUT2D eigenvalue weighted by Crippen LogP contribution is -2.50. The van der Waals surface area contributed by atoms with Crippen LogP contribution in [-0.4, -0.2) is 35.8 Å². The van der Waals surface area contributed by atoms with Gasteiger partial charge in [0.2, 0.25) is 0 Å². The zero-order valence-electron chi connectivity index (χ0n) is 12.4. The molecular weight excluding hydrogens is 242 g/mol. The van der Waals surface area contributed by atoms with Crippen molar-refractivity contribution < 1.29 is 14.3 Å². The number of esters is 1. The maximum absolute atomic E-state index is 12.1. The maximum Gasteiger partial charge on any atom is 0.328 e. The Morgan fingerprint density at radius 2 is 2.21 bits per heavy atom. The molecular formula is C15H25NO3. The quantitative estimate of drug-likeness (QED) is 0.694. The second-order valence-corrected chi connectivity index (χ2v) is 5.23. The number of nitrogens with zero attached hydrogens (tertiary/aromatic N) is 1. The van der Waals surface area contributed by atoms with Crippen LogP contribution in [0.1, 0.15) is 46.5 Å². The molecule has 1 heterocycles. The largest absolute Gasteiger partial charge is 0.467 e. The molecule has 0 aromatic carbocycles. The molecule has 1 aliphatic rings. The molecule has 0 amide bonds. The molecule has 3 atom stereocenters. The van der Waals surface area contributed by atoms with Crippen LogP contribution < -0.4 is 0 Å². The fourth-order valence-corrected chi connectivity index (χ4v) is 2.59. The molecule has 0 bridgehead atoms. The van der Waals surface area contributed by atoms with Gasteiger partial charge in [-0.3, -0.25) is 4.79 Å². The van der Waals surface area contributed by atoms with Crippen molar-refractivity contribution >= 4 is 11.8 Å². The number of hydrogen-bond acceptors (Lipinski definition) is 4. The van der Waals surface area contributed by atoms with Crippen molar-refractivity contribution in [3.63, 3.8) is 0 Å². The summed E-state index contributed by atoms with van der Waals surface area (Å²) >= 11 is 0. The predicted molar refractivity (Wildman–Crippen MR) is 74.6 cm³/mol. The number of ether oxygens (including phenoxy) is 1. The predicted octanol–water partition coefficient (Wildman–Crippen LogP) is 2.53. The van der Waals surface area contributed by atoms with E-state index in [9.17, 15) is 9.59 Å². The third-order valence-corrected chi connectivity index (χ3v) is 3.86. The third-order valence-electron chi connectivity index (χ3n) is 3.86. The SMILES string of the molecule is CCC[C@H]1CC(=O)C=CN1[C@H](C(=O)OC)[C@@H](C)CC. The van der Waals surface area contributed by atoms with E-state index in [1.807, 2.05) is 4.90 Å². The molecule has 108 valence electrons. The Balaban J connectivity index is 3.00. The Morgan fingerprint density at radius 1 is 1.53 bits per heavy atom. The lowest BCUT2D eigenvalue weighted by Gasteiger charge is -2.40. The van der Waals surface area contributed by atoms with Crippen LogP contribution in [0.15, 0.2) is 12.3 Å². The fourth-order valence-electron chi connectivity index (χ4n) is 2.59. The second-order valence-electron chi connectivity index (χ2n) is 5.23. The first-order valence-electron chi connectivity index (χ1n) is 7.11. The average Bonchev–Trinajstić information content (AvgIpc) is 2.41. The van der Waals surface area contributed by atoms with E-state index < -0.39 is 0 Å². The highest BCUT2D eigenvalue weighted by Crippen LogP contribution is 2.25. The Bertz CT molecular complexity index is 351. The van der Waals surface area contributed by atoms with Crippen LogP contribution >= 0.6 is 0 Å². The number of hydrogen-bond donors (Lipinski definition) is 0. The smallest absolute Gasteiger partial charge is 0.328 e. The highest BCUT2D eigenvalue weighted by atomic mass is 16.5. The molecule has 0 aliphatic carbocycles.